The average molecular weight is 467 g/mol. The van der Waals surface area contributed by atoms with Gasteiger partial charge in [0.25, 0.3) is 5.91 Å². The molecule has 2 aromatic carbocycles. The highest BCUT2D eigenvalue weighted by Gasteiger charge is 2.27. The molecule has 3 aromatic rings. The van der Waals surface area contributed by atoms with Gasteiger partial charge in [0.05, 0.1) is 7.11 Å². The van der Waals surface area contributed by atoms with E-state index >= 15 is 0 Å². The molecule has 178 valence electrons. The summed E-state index contributed by atoms with van der Waals surface area (Å²) in [4.78, 5) is 29.2. The summed E-state index contributed by atoms with van der Waals surface area (Å²) in [5.41, 5.74) is 1.61. The lowest BCUT2D eigenvalue weighted by Gasteiger charge is -2.26. The molecule has 7 nitrogen and oxygen atoms in total. The van der Waals surface area contributed by atoms with Gasteiger partial charge in [-0.15, -0.1) is 0 Å². The molecule has 2 N–H and O–H groups in total. The van der Waals surface area contributed by atoms with Crippen LogP contribution >= 0.6 is 0 Å². The van der Waals surface area contributed by atoms with Crippen molar-refractivity contribution in [2.24, 2.45) is 0 Å². The summed E-state index contributed by atoms with van der Waals surface area (Å²) in [6.07, 6.45) is 1.31. The van der Waals surface area contributed by atoms with Gasteiger partial charge < -0.3 is 19.9 Å². The molecule has 0 bridgehead atoms. The average Bonchev–Trinajstić information content (AvgIpc) is 2.84. The molecule has 0 radical (unpaired) electrons. The fourth-order valence-corrected chi connectivity index (χ4v) is 3.59. The molecule has 1 amide bonds. The van der Waals surface area contributed by atoms with Crippen molar-refractivity contribution in [3.8, 4) is 11.5 Å². The van der Waals surface area contributed by atoms with E-state index in [-0.39, 0.29) is 23.2 Å². The monoisotopic (exact) mass is 466 g/mol. The van der Waals surface area contributed by atoms with Crippen molar-refractivity contribution in [3.05, 3.63) is 89.5 Å². The zero-order valence-corrected chi connectivity index (χ0v) is 19.2. The van der Waals surface area contributed by atoms with Crippen LogP contribution in [0.2, 0.25) is 0 Å². The Morgan fingerprint density at radius 2 is 1.74 bits per heavy atom. The number of ether oxygens (including phenoxy) is 2. The molecule has 0 unspecified atom stereocenters. The Balaban J connectivity index is 1.70. The van der Waals surface area contributed by atoms with Gasteiger partial charge in [0, 0.05) is 18.2 Å². The summed E-state index contributed by atoms with van der Waals surface area (Å²) in [7, 11) is 1.35. The van der Waals surface area contributed by atoms with Crippen LogP contribution in [0, 0.1) is 5.82 Å². The molecule has 1 aromatic heterocycles. The second-order valence-corrected chi connectivity index (χ2v) is 7.90. The number of benzene rings is 2. The summed E-state index contributed by atoms with van der Waals surface area (Å²) in [6, 6.07) is 16.2. The maximum atomic E-state index is 13.3. The van der Waals surface area contributed by atoms with E-state index in [0.29, 0.717) is 6.42 Å². The number of methoxy groups -OCH3 is 1. The molecule has 0 fully saturated rings. The molecule has 3 atom stereocenters. The van der Waals surface area contributed by atoms with Crippen molar-refractivity contribution >= 4 is 11.9 Å². The number of aromatic hydroxyl groups is 1. The maximum Gasteiger partial charge on any atom is 0.328 e. The lowest BCUT2D eigenvalue weighted by molar-refractivity contribution is -0.151. The number of halogens is 1. The van der Waals surface area contributed by atoms with Gasteiger partial charge in [0.2, 0.25) is 0 Å². The van der Waals surface area contributed by atoms with Crippen LogP contribution in [0.15, 0.2) is 66.9 Å². The van der Waals surface area contributed by atoms with E-state index in [4.69, 9.17) is 9.47 Å². The predicted octanol–water partition coefficient (Wildman–Crippen LogP) is 4.01. The van der Waals surface area contributed by atoms with Gasteiger partial charge >= 0.3 is 5.97 Å². The first kappa shape index (κ1) is 24.7. The van der Waals surface area contributed by atoms with Crippen LogP contribution in [-0.2, 0) is 16.0 Å². The van der Waals surface area contributed by atoms with E-state index in [2.05, 4.69) is 10.3 Å². The van der Waals surface area contributed by atoms with E-state index in [9.17, 15) is 19.1 Å². The Hall–Kier alpha value is -3.94. The zero-order chi connectivity index (χ0) is 24.7. The summed E-state index contributed by atoms with van der Waals surface area (Å²) in [6.45, 7) is 3.27. The van der Waals surface area contributed by atoms with Crippen molar-refractivity contribution in [2.75, 3.05) is 7.11 Å². The number of nitrogens with one attached hydrogen (secondary N) is 1. The largest absolute Gasteiger partial charge is 0.503 e. The smallest absolute Gasteiger partial charge is 0.328 e. The molecule has 0 aliphatic carbocycles. The third-order valence-electron chi connectivity index (χ3n) is 5.49. The molecular weight excluding hydrogens is 439 g/mol. The topological polar surface area (TPSA) is 97.8 Å². The normalized spacial score (nSPS) is 13.4. The third-order valence-corrected chi connectivity index (χ3v) is 5.49. The van der Waals surface area contributed by atoms with Crippen molar-refractivity contribution in [1.82, 2.24) is 10.3 Å². The zero-order valence-electron chi connectivity index (χ0n) is 19.2. The van der Waals surface area contributed by atoms with Crippen LogP contribution in [0.3, 0.4) is 0 Å². The van der Waals surface area contributed by atoms with Crippen LogP contribution in [0.4, 0.5) is 4.39 Å². The molecule has 8 heteroatoms. The van der Waals surface area contributed by atoms with Crippen LogP contribution in [0.5, 0.6) is 11.5 Å². The number of esters is 1. The van der Waals surface area contributed by atoms with Crippen LogP contribution < -0.4 is 10.1 Å². The number of carbonyl (C=O) groups is 2. The highest BCUT2D eigenvalue weighted by Crippen LogP contribution is 2.28. The van der Waals surface area contributed by atoms with Gasteiger partial charge in [-0.05, 0) is 43.5 Å². The molecule has 0 saturated heterocycles. The SMILES string of the molecule is COc1ccnc(C(=O)N[C@@H](C)C(=O)O[C@@H](C)[C@H](Cc2ccc(F)cc2)c2ccccc2)c1O. The van der Waals surface area contributed by atoms with Gasteiger partial charge in [-0.3, -0.25) is 4.79 Å². The molecule has 0 saturated carbocycles. The number of pyridine rings is 1. The first-order valence-corrected chi connectivity index (χ1v) is 10.8. The quantitative estimate of drug-likeness (QED) is 0.463. The molecule has 0 aliphatic heterocycles. The Bertz CT molecular complexity index is 1120. The fourth-order valence-electron chi connectivity index (χ4n) is 3.59. The Labute approximate surface area is 197 Å². The van der Waals surface area contributed by atoms with E-state index in [1.54, 1.807) is 19.1 Å². The second-order valence-electron chi connectivity index (χ2n) is 7.90. The lowest BCUT2D eigenvalue weighted by atomic mass is 9.88. The minimum absolute atomic E-state index is 0.0931. The summed E-state index contributed by atoms with van der Waals surface area (Å²) >= 11 is 0. The first-order chi connectivity index (χ1) is 16.3. The number of amides is 1. The van der Waals surface area contributed by atoms with E-state index in [0.717, 1.165) is 11.1 Å². The van der Waals surface area contributed by atoms with Crippen LogP contribution in [0.25, 0.3) is 0 Å². The first-order valence-electron chi connectivity index (χ1n) is 10.8. The van der Waals surface area contributed by atoms with E-state index in [1.165, 1.54) is 38.4 Å². The predicted molar refractivity (Wildman–Crippen MR) is 124 cm³/mol. The Kier molecular flexibility index (Phi) is 8.19. The second kappa shape index (κ2) is 11.3. The molecule has 0 aliphatic rings. The molecule has 3 rings (SSSR count). The number of nitrogens with zero attached hydrogens (tertiary/aromatic N) is 1. The lowest BCUT2D eigenvalue weighted by Crippen LogP contribution is -2.41. The molecule has 1 heterocycles. The number of hydrogen-bond acceptors (Lipinski definition) is 6. The van der Waals surface area contributed by atoms with Gasteiger partial charge in [-0.25, -0.2) is 14.2 Å². The number of hydrogen-bond donors (Lipinski definition) is 2. The van der Waals surface area contributed by atoms with Crippen molar-refractivity contribution < 1.29 is 28.6 Å². The van der Waals surface area contributed by atoms with Crippen molar-refractivity contribution in [1.29, 1.82) is 0 Å². The minimum atomic E-state index is -0.996. The number of carbonyl (C=O) groups excluding carboxylic acids is 2. The molecule has 34 heavy (non-hydrogen) atoms. The molecule has 0 spiro atoms. The fraction of sp³-hybridized carbons (Fsp3) is 0.269. The van der Waals surface area contributed by atoms with Gasteiger partial charge in [-0.1, -0.05) is 42.5 Å². The van der Waals surface area contributed by atoms with E-state index < -0.39 is 29.8 Å². The minimum Gasteiger partial charge on any atom is -0.503 e. The highest BCUT2D eigenvalue weighted by molar-refractivity contribution is 5.97. The summed E-state index contributed by atoms with van der Waals surface area (Å²) in [5.74, 6) is -2.21. The van der Waals surface area contributed by atoms with Gasteiger partial charge in [0.15, 0.2) is 17.2 Å². The van der Waals surface area contributed by atoms with Crippen molar-refractivity contribution in [3.63, 3.8) is 0 Å². The van der Waals surface area contributed by atoms with E-state index in [1.807, 2.05) is 30.3 Å². The van der Waals surface area contributed by atoms with Crippen LogP contribution in [-0.4, -0.2) is 41.2 Å². The number of aromatic nitrogens is 1. The standard InChI is InChI=1S/C26H27FN2O5/c1-16(29-25(31)23-24(30)22(33-3)13-14-28-23)26(32)34-17(2)21(19-7-5-4-6-8-19)15-18-9-11-20(27)12-10-18/h4-14,16-17,21,30H,15H2,1-3H3,(H,29,31)/t16-,17-,21-/m0/s1. The van der Waals surface area contributed by atoms with Crippen LogP contribution in [0.1, 0.15) is 41.4 Å². The number of rotatable bonds is 9. The summed E-state index contributed by atoms with van der Waals surface area (Å²) < 4.78 is 24.0. The summed E-state index contributed by atoms with van der Waals surface area (Å²) in [5, 5.41) is 12.6. The van der Waals surface area contributed by atoms with Crippen molar-refractivity contribution in [2.45, 2.75) is 38.3 Å². The maximum absolute atomic E-state index is 13.3. The Morgan fingerprint density at radius 3 is 2.38 bits per heavy atom. The Morgan fingerprint density at radius 1 is 1.06 bits per heavy atom. The highest BCUT2D eigenvalue weighted by atomic mass is 19.1. The third kappa shape index (κ3) is 6.10. The van der Waals surface area contributed by atoms with Gasteiger partial charge in [0.1, 0.15) is 18.0 Å². The molecular formula is C26H27FN2O5. The van der Waals surface area contributed by atoms with Gasteiger partial charge in [-0.2, -0.15) is 0 Å².